The minimum atomic E-state index is -0.321. The molecule has 0 saturated carbocycles. The predicted molar refractivity (Wildman–Crippen MR) is 141 cm³/mol. The number of hydrogen-bond donors (Lipinski definition) is 3. The van der Waals surface area contributed by atoms with Crippen LogP contribution in [0.5, 0.6) is 5.88 Å². The summed E-state index contributed by atoms with van der Waals surface area (Å²) in [5.74, 6) is 1.48. The number of anilines is 2. The molecule has 0 aliphatic carbocycles. The number of amides is 1. The van der Waals surface area contributed by atoms with E-state index in [1.165, 1.54) is 0 Å². The molecule has 1 aliphatic rings. The number of rotatable bonds is 10. The molecular weight excluding hydrogens is 464 g/mol. The van der Waals surface area contributed by atoms with Crippen LogP contribution in [-0.2, 0) is 11.2 Å². The standard InChI is InChI=1S/C26H35ClN6O2/c1-17(2)33-16-20-22(24(33)35)29-25(28-12-6-14-32-13-5-7-21(32)34)30-23(20)31-26(3,4)15-18-8-10-19(27)11-9-18/h8-11,16-17,35H,5-7,12-15H2,1-4H3,(H2,28,29,30,31). The molecule has 1 amide bonds. The highest BCUT2D eigenvalue weighted by atomic mass is 35.5. The zero-order chi connectivity index (χ0) is 25.2. The lowest BCUT2D eigenvalue weighted by molar-refractivity contribution is -0.127. The third kappa shape index (κ3) is 5.99. The predicted octanol–water partition coefficient (Wildman–Crippen LogP) is 5.23. The van der Waals surface area contributed by atoms with Crippen molar-refractivity contribution in [3.63, 3.8) is 0 Å². The van der Waals surface area contributed by atoms with Crippen LogP contribution in [0.15, 0.2) is 30.5 Å². The topological polar surface area (TPSA) is 95.3 Å². The van der Waals surface area contributed by atoms with Crippen LogP contribution in [0.25, 0.3) is 10.9 Å². The van der Waals surface area contributed by atoms with E-state index in [9.17, 15) is 9.90 Å². The Morgan fingerprint density at radius 2 is 1.94 bits per heavy atom. The number of halogens is 1. The minimum absolute atomic E-state index is 0.0773. The Kier molecular flexibility index (Phi) is 7.40. The molecule has 1 aliphatic heterocycles. The van der Waals surface area contributed by atoms with Gasteiger partial charge in [-0.05, 0) is 64.7 Å². The van der Waals surface area contributed by atoms with E-state index in [0.29, 0.717) is 35.3 Å². The van der Waals surface area contributed by atoms with Gasteiger partial charge in [0, 0.05) is 48.9 Å². The van der Waals surface area contributed by atoms with E-state index in [2.05, 4.69) is 29.5 Å². The molecule has 8 nitrogen and oxygen atoms in total. The maximum absolute atomic E-state index is 11.8. The number of aromatic hydroxyl groups is 1. The number of nitrogens with one attached hydrogen (secondary N) is 2. The molecule has 3 heterocycles. The molecule has 0 spiro atoms. The molecule has 1 fully saturated rings. The van der Waals surface area contributed by atoms with Gasteiger partial charge in [0.15, 0.2) is 0 Å². The molecule has 0 unspecified atom stereocenters. The van der Waals surface area contributed by atoms with Crippen molar-refractivity contribution in [2.75, 3.05) is 30.3 Å². The summed E-state index contributed by atoms with van der Waals surface area (Å²) in [5.41, 5.74) is 1.35. The van der Waals surface area contributed by atoms with E-state index in [1.54, 1.807) is 4.57 Å². The molecule has 188 valence electrons. The largest absolute Gasteiger partial charge is 0.493 e. The van der Waals surface area contributed by atoms with Crippen LogP contribution in [-0.4, -0.2) is 55.6 Å². The highest BCUT2D eigenvalue weighted by molar-refractivity contribution is 6.30. The zero-order valence-electron chi connectivity index (χ0n) is 20.9. The number of fused-ring (bicyclic) bond motifs is 1. The SMILES string of the molecule is CC(C)n1cc2c(NC(C)(C)Cc3ccc(Cl)cc3)nc(NCCCN3CCCC3=O)nc2c1O. The van der Waals surface area contributed by atoms with Crippen molar-refractivity contribution in [3.8, 4) is 5.88 Å². The molecule has 9 heteroatoms. The van der Waals surface area contributed by atoms with Crippen LogP contribution in [0, 0.1) is 0 Å². The average molecular weight is 499 g/mol. The first-order chi connectivity index (χ1) is 16.6. The lowest BCUT2D eigenvalue weighted by atomic mass is 9.95. The van der Waals surface area contributed by atoms with Crippen LogP contribution in [0.4, 0.5) is 11.8 Å². The Balaban J connectivity index is 1.55. The normalized spacial score (nSPS) is 14.3. The number of carbonyl (C=O) groups excluding carboxylic acids is 1. The van der Waals surface area contributed by atoms with Gasteiger partial charge in [0.2, 0.25) is 17.7 Å². The molecule has 35 heavy (non-hydrogen) atoms. The van der Waals surface area contributed by atoms with Crippen LogP contribution in [0.1, 0.15) is 58.6 Å². The molecular formula is C26H35ClN6O2. The molecule has 3 N–H and O–H groups in total. The first-order valence-corrected chi connectivity index (χ1v) is 12.7. The van der Waals surface area contributed by atoms with Gasteiger partial charge in [-0.2, -0.15) is 4.98 Å². The Labute approximate surface area is 211 Å². The van der Waals surface area contributed by atoms with Crippen molar-refractivity contribution in [1.29, 1.82) is 0 Å². The van der Waals surface area contributed by atoms with Crippen LogP contribution < -0.4 is 10.6 Å². The van der Waals surface area contributed by atoms with Gasteiger partial charge in [0.1, 0.15) is 11.3 Å². The number of nitrogens with zero attached hydrogens (tertiary/aromatic N) is 4. The molecule has 0 atom stereocenters. The van der Waals surface area contributed by atoms with E-state index >= 15 is 0 Å². The highest BCUT2D eigenvalue weighted by Gasteiger charge is 2.24. The van der Waals surface area contributed by atoms with E-state index in [1.807, 2.05) is 49.2 Å². The summed E-state index contributed by atoms with van der Waals surface area (Å²) in [4.78, 5) is 23.1. The molecule has 3 aromatic rings. The summed E-state index contributed by atoms with van der Waals surface area (Å²) < 4.78 is 1.81. The number of aromatic nitrogens is 3. The summed E-state index contributed by atoms with van der Waals surface area (Å²) in [7, 11) is 0. The zero-order valence-corrected chi connectivity index (χ0v) is 21.7. The summed E-state index contributed by atoms with van der Waals surface area (Å²) in [5, 5.41) is 19.2. The Hall–Kier alpha value is -3.00. The smallest absolute Gasteiger partial charge is 0.225 e. The van der Waals surface area contributed by atoms with E-state index < -0.39 is 0 Å². The van der Waals surface area contributed by atoms with E-state index in [4.69, 9.17) is 16.6 Å². The van der Waals surface area contributed by atoms with E-state index in [0.717, 1.165) is 43.3 Å². The van der Waals surface area contributed by atoms with Crippen molar-refractivity contribution in [3.05, 3.63) is 41.0 Å². The molecule has 4 rings (SSSR count). The van der Waals surface area contributed by atoms with Gasteiger partial charge in [-0.3, -0.25) is 4.79 Å². The second-order valence-electron chi connectivity index (χ2n) is 10.2. The van der Waals surface area contributed by atoms with Gasteiger partial charge in [0.25, 0.3) is 0 Å². The lowest BCUT2D eigenvalue weighted by Gasteiger charge is -2.27. The minimum Gasteiger partial charge on any atom is -0.493 e. The summed E-state index contributed by atoms with van der Waals surface area (Å²) in [6.45, 7) is 10.5. The average Bonchev–Trinajstić information content (AvgIpc) is 3.35. The molecule has 1 aromatic carbocycles. The quantitative estimate of drug-likeness (QED) is 0.331. The van der Waals surface area contributed by atoms with Crippen LogP contribution in [0.2, 0.25) is 5.02 Å². The fourth-order valence-electron chi connectivity index (χ4n) is 4.54. The van der Waals surface area contributed by atoms with Crippen molar-refractivity contribution in [2.24, 2.45) is 0 Å². The van der Waals surface area contributed by atoms with E-state index in [-0.39, 0.29) is 23.4 Å². The van der Waals surface area contributed by atoms with Crippen molar-refractivity contribution in [1.82, 2.24) is 19.4 Å². The molecule has 2 aromatic heterocycles. The fourth-order valence-corrected chi connectivity index (χ4v) is 4.67. The number of benzene rings is 1. The maximum Gasteiger partial charge on any atom is 0.225 e. The second-order valence-corrected chi connectivity index (χ2v) is 10.6. The Bertz CT molecular complexity index is 1190. The third-order valence-corrected chi connectivity index (χ3v) is 6.55. The van der Waals surface area contributed by atoms with Gasteiger partial charge in [-0.15, -0.1) is 0 Å². The van der Waals surface area contributed by atoms with Crippen molar-refractivity contribution < 1.29 is 9.90 Å². The first-order valence-electron chi connectivity index (χ1n) is 12.3. The van der Waals surface area contributed by atoms with Crippen molar-refractivity contribution >= 4 is 40.2 Å². The molecule has 0 bridgehead atoms. The number of likely N-dealkylation sites (tertiary alicyclic amines) is 1. The second kappa shape index (κ2) is 10.3. The Morgan fingerprint density at radius 3 is 2.60 bits per heavy atom. The Morgan fingerprint density at radius 1 is 1.20 bits per heavy atom. The lowest BCUT2D eigenvalue weighted by Crippen LogP contribution is -2.34. The number of hydrogen-bond acceptors (Lipinski definition) is 6. The summed E-state index contributed by atoms with van der Waals surface area (Å²) >= 11 is 6.05. The molecule has 0 radical (unpaired) electrons. The van der Waals surface area contributed by atoms with Crippen LogP contribution >= 0.6 is 11.6 Å². The summed E-state index contributed by atoms with van der Waals surface area (Å²) in [6, 6.07) is 7.93. The third-order valence-electron chi connectivity index (χ3n) is 6.30. The van der Waals surface area contributed by atoms with Crippen LogP contribution in [0.3, 0.4) is 0 Å². The molecule has 1 saturated heterocycles. The van der Waals surface area contributed by atoms with Gasteiger partial charge < -0.3 is 25.2 Å². The summed E-state index contributed by atoms with van der Waals surface area (Å²) in [6.07, 6.45) is 5.06. The monoisotopic (exact) mass is 498 g/mol. The van der Waals surface area contributed by atoms with Gasteiger partial charge in [-0.1, -0.05) is 23.7 Å². The van der Waals surface area contributed by atoms with Gasteiger partial charge in [0.05, 0.1) is 5.39 Å². The first kappa shape index (κ1) is 25.1. The highest BCUT2D eigenvalue weighted by Crippen LogP contribution is 2.34. The maximum atomic E-state index is 11.8. The fraction of sp³-hybridized carbons (Fsp3) is 0.500. The van der Waals surface area contributed by atoms with Gasteiger partial charge >= 0.3 is 0 Å². The van der Waals surface area contributed by atoms with Crippen molar-refractivity contribution in [2.45, 2.75) is 65.0 Å². The number of carbonyl (C=O) groups is 1. The van der Waals surface area contributed by atoms with Gasteiger partial charge in [-0.25, -0.2) is 4.98 Å².